The summed E-state index contributed by atoms with van der Waals surface area (Å²) in [5.41, 5.74) is 1.12. The van der Waals surface area contributed by atoms with Gasteiger partial charge in [0.15, 0.2) is 6.61 Å². The number of carbonyl (C=O) groups is 1. The lowest BCUT2D eigenvalue weighted by molar-refractivity contribution is -0.139. The predicted octanol–water partition coefficient (Wildman–Crippen LogP) is 2.40. The van der Waals surface area contributed by atoms with E-state index in [0.29, 0.717) is 18.0 Å². The first-order chi connectivity index (χ1) is 12.5. The molecule has 0 heterocycles. The van der Waals surface area contributed by atoms with Crippen molar-refractivity contribution in [3.05, 3.63) is 60.2 Å². The molecule has 0 aromatic heterocycles. The predicted molar refractivity (Wildman–Crippen MR) is 102 cm³/mol. The molecule has 140 valence electrons. The maximum Gasteiger partial charge on any atom is 0.341 e. The Bertz CT molecular complexity index is 792. The van der Waals surface area contributed by atoms with Crippen LogP contribution in [0.4, 0.5) is 0 Å². The average molecular weight is 396 g/mol. The molecule has 0 bridgehead atoms. The first kappa shape index (κ1) is 20.3. The lowest BCUT2D eigenvalue weighted by Crippen LogP contribution is -2.26. The molecule has 0 unspecified atom stereocenters. The number of benzene rings is 2. The van der Waals surface area contributed by atoms with Crippen LogP contribution in [0.3, 0.4) is 0 Å². The Morgan fingerprint density at radius 2 is 1.73 bits per heavy atom. The van der Waals surface area contributed by atoms with Gasteiger partial charge in [-0.3, -0.25) is 0 Å². The summed E-state index contributed by atoms with van der Waals surface area (Å²) in [7, 11) is -3.44. The molecule has 0 amide bonds. The van der Waals surface area contributed by atoms with Crippen LogP contribution in [0.5, 0.6) is 5.75 Å². The number of hydrogen-bond acceptors (Lipinski definition) is 5. The van der Waals surface area contributed by atoms with E-state index < -0.39 is 16.0 Å². The summed E-state index contributed by atoms with van der Waals surface area (Å²) in [6.07, 6.45) is 0.843. The molecule has 2 aromatic carbocycles. The number of aryl methyl sites for hydroxylation is 1. The second kappa shape index (κ2) is 10.2. The number of thioether (sulfide) groups is 1. The van der Waals surface area contributed by atoms with Gasteiger partial charge in [0, 0.05) is 12.3 Å². The van der Waals surface area contributed by atoms with E-state index in [4.69, 9.17) is 9.84 Å². The number of nitrogens with one attached hydrogen (secondary N) is 1. The SMILES string of the molecule is O=C(O)COc1ccc(CCSCCNS(=O)(=O)c2ccccc2)cc1. The lowest BCUT2D eigenvalue weighted by Gasteiger charge is -2.07. The van der Waals surface area contributed by atoms with E-state index in [2.05, 4.69) is 4.72 Å². The van der Waals surface area contributed by atoms with Crippen molar-refractivity contribution in [2.75, 3.05) is 24.7 Å². The van der Waals surface area contributed by atoms with Gasteiger partial charge >= 0.3 is 5.97 Å². The maximum absolute atomic E-state index is 12.0. The highest BCUT2D eigenvalue weighted by atomic mass is 32.2. The summed E-state index contributed by atoms with van der Waals surface area (Å²) >= 11 is 1.67. The van der Waals surface area contributed by atoms with Crippen LogP contribution in [0, 0.1) is 0 Å². The van der Waals surface area contributed by atoms with Crippen LogP contribution in [0.1, 0.15) is 5.56 Å². The van der Waals surface area contributed by atoms with E-state index in [-0.39, 0.29) is 11.5 Å². The highest BCUT2D eigenvalue weighted by Gasteiger charge is 2.11. The van der Waals surface area contributed by atoms with E-state index in [1.807, 2.05) is 12.1 Å². The van der Waals surface area contributed by atoms with Gasteiger partial charge in [0.1, 0.15) is 5.75 Å². The van der Waals surface area contributed by atoms with Crippen molar-refractivity contribution in [2.45, 2.75) is 11.3 Å². The van der Waals surface area contributed by atoms with Gasteiger partial charge < -0.3 is 9.84 Å². The van der Waals surface area contributed by atoms with Gasteiger partial charge in [-0.1, -0.05) is 30.3 Å². The standard InChI is InChI=1S/C18H21NO5S2/c20-18(21)14-24-16-8-6-15(7-9-16)10-12-25-13-11-19-26(22,23)17-4-2-1-3-5-17/h1-9,19H,10-14H2,(H,20,21). The molecule has 0 aliphatic rings. The number of aliphatic carboxylic acids is 1. The topological polar surface area (TPSA) is 92.7 Å². The van der Waals surface area contributed by atoms with Gasteiger partial charge in [-0.15, -0.1) is 0 Å². The van der Waals surface area contributed by atoms with Crippen LogP contribution in [0.25, 0.3) is 0 Å². The first-order valence-corrected chi connectivity index (χ1v) is 10.7. The third-order valence-electron chi connectivity index (χ3n) is 3.41. The summed E-state index contributed by atoms with van der Waals surface area (Å²) in [5.74, 6) is 1.07. The second-order valence-electron chi connectivity index (χ2n) is 5.40. The molecule has 0 radical (unpaired) electrons. The molecule has 8 heteroatoms. The molecule has 2 aromatic rings. The van der Waals surface area contributed by atoms with Gasteiger partial charge in [-0.25, -0.2) is 17.9 Å². The molecule has 0 aliphatic heterocycles. The molecule has 0 fully saturated rings. The maximum atomic E-state index is 12.0. The minimum Gasteiger partial charge on any atom is -0.482 e. The summed E-state index contributed by atoms with van der Waals surface area (Å²) in [5, 5.41) is 8.56. The molecular formula is C18H21NO5S2. The second-order valence-corrected chi connectivity index (χ2v) is 8.39. The Labute approximate surface area is 157 Å². The van der Waals surface area contributed by atoms with Crippen molar-refractivity contribution in [3.63, 3.8) is 0 Å². The van der Waals surface area contributed by atoms with Gasteiger partial charge in [0.05, 0.1) is 4.90 Å². The van der Waals surface area contributed by atoms with Gasteiger partial charge in [-0.05, 0) is 42.0 Å². The molecule has 0 spiro atoms. The Morgan fingerprint density at radius 3 is 2.38 bits per heavy atom. The highest BCUT2D eigenvalue weighted by molar-refractivity contribution is 7.99. The van der Waals surface area contributed by atoms with Gasteiger partial charge in [-0.2, -0.15) is 11.8 Å². The van der Waals surface area contributed by atoms with Crippen LogP contribution < -0.4 is 9.46 Å². The van der Waals surface area contributed by atoms with E-state index in [9.17, 15) is 13.2 Å². The van der Waals surface area contributed by atoms with Crippen LogP contribution in [0.2, 0.25) is 0 Å². The van der Waals surface area contributed by atoms with Gasteiger partial charge in [0.25, 0.3) is 0 Å². The van der Waals surface area contributed by atoms with Crippen molar-refractivity contribution in [2.24, 2.45) is 0 Å². The Hall–Kier alpha value is -2.03. The third kappa shape index (κ3) is 7.07. The average Bonchev–Trinajstić information content (AvgIpc) is 2.64. The highest BCUT2D eigenvalue weighted by Crippen LogP contribution is 2.14. The summed E-state index contributed by atoms with van der Waals surface area (Å²) in [6, 6.07) is 15.6. The fraction of sp³-hybridized carbons (Fsp3) is 0.278. The van der Waals surface area contributed by atoms with Crippen LogP contribution in [-0.4, -0.2) is 44.2 Å². The van der Waals surface area contributed by atoms with Crippen molar-refractivity contribution >= 4 is 27.8 Å². The Morgan fingerprint density at radius 1 is 1.04 bits per heavy atom. The van der Waals surface area contributed by atoms with Crippen LogP contribution >= 0.6 is 11.8 Å². The smallest absolute Gasteiger partial charge is 0.341 e. The molecule has 0 saturated carbocycles. The Kier molecular flexibility index (Phi) is 7.96. The largest absolute Gasteiger partial charge is 0.482 e. The number of carboxylic acids is 1. The van der Waals surface area contributed by atoms with E-state index in [1.54, 1.807) is 54.2 Å². The zero-order valence-corrected chi connectivity index (χ0v) is 15.8. The zero-order valence-electron chi connectivity index (χ0n) is 14.1. The van der Waals surface area contributed by atoms with Crippen LogP contribution in [-0.2, 0) is 21.2 Å². The van der Waals surface area contributed by atoms with Crippen molar-refractivity contribution in [1.29, 1.82) is 0 Å². The summed E-state index contributed by atoms with van der Waals surface area (Å²) < 4.78 is 31.8. The van der Waals surface area contributed by atoms with E-state index in [1.165, 1.54) is 0 Å². The zero-order chi connectivity index (χ0) is 18.8. The van der Waals surface area contributed by atoms with Crippen molar-refractivity contribution in [3.8, 4) is 5.75 Å². The van der Waals surface area contributed by atoms with E-state index in [0.717, 1.165) is 17.7 Å². The number of rotatable bonds is 11. The summed E-state index contributed by atoms with van der Waals surface area (Å²) in [4.78, 5) is 10.7. The number of ether oxygens (including phenoxy) is 1. The third-order valence-corrected chi connectivity index (χ3v) is 5.88. The fourth-order valence-corrected chi connectivity index (χ4v) is 4.13. The first-order valence-electron chi connectivity index (χ1n) is 8.03. The lowest BCUT2D eigenvalue weighted by atomic mass is 10.2. The molecule has 2 N–H and O–H groups in total. The quantitative estimate of drug-likeness (QED) is 0.568. The number of sulfonamides is 1. The minimum absolute atomic E-state index is 0.273. The molecule has 26 heavy (non-hydrogen) atoms. The molecule has 0 saturated heterocycles. The molecule has 0 aliphatic carbocycles. The van der Waals surface area contributed by atoms with E-state index >= 15 is 0 Å². The number of hydrogen-bond donors (Lipinski definition) is 2. The molecule has 6 nitrogen and oxygen atoms in total. The van der Waals surface area contributed by atoms with Crippen molar-refractivity contribution in [1.82, 2.24) is 4.72 Å². The molecular weight excluding hydrogens is 374 g/mol. The minimum atomic E-state index is -3.44. The fourth-order valence-electron chi connectivity index (χ4n) is 2.12. The van der Waals surface area contributed by atoms with Crippen LogP contribution in [0.15, 0.2) is 59.5 Å². The molecule has 2 rings (SSSR count). The van der Waals surface area contributed by atoms with Gasteiger partial charge in [0.2, 0.25) is 10.0 Å². The monoisotopic (exact) mass is 395 g/mol. The molecule has 0 atom stereocenters. The Balaban J connectivity index is 1.64. The summed E-state index contributed by atoms with van der Waals surface area (Å²) in [6.45, 7) is 0.0257. The van der Waals surface area contributed by atoms with Crippen molar-refractivity contribution < 1.29 is 23.1 Å². The normalized spacial score (nSPS) is 11.2. The number of carboxylic acid groups (broad SMARTS) is 1.